The van der Waals surface area contributed by atoms with E-state index in [1.165, 1.54) is 0 Å². The van der Waals surface area contributed by atoms with Gasteiger partial charge in [-0.05, 0) is 29.7 Å². The largest absolute Gasteiger partial charge is 0.481 e. The summed E-state index contributed by atoms with van der Waals surface area (Å²) in [6.07, 6.45) is 5.04. The van der Waals surface area contributed by atoms with Crippen LogP contribution in [0.15, 0.2) is 48.5 Å². The third kappa shape index (κ3) is 2.82. The van der Waals surface area contributed by atoms with E-state index in [1.54, 1.807) is 0 Å². The predicted molar refractivity (Wildman–Crippen MR) is 85.7 cm³/mol. The maximum absolute atomic E-state index is 10.8. The third-order valence-electron chi connectivity index (χ3n) is 3.67. The first-order valence-electron chi connectivity index (χ1n) is 7.11. The van der Waals surface area contributed by atoms with Gasteiger partial charge < -0.3 is 10.0 Å². The summed E-state index contributed by atoms with van der Waals surface area (Å²) in [5.74, 6) is -0.746. The van der Waals surface area contributed by atoms with Crippen molar-refractivity contribution in [2.45, 2.75) is 12.8 Å². The number of carbonyl (C=O) groups is 1. The van der Waals surface area contributed by atoms with Crippen molar-refractivity contribution in [3.05, 3.63) is 59.7 Å². The van der Waals surface area contributed by atoms with E-state index in [-0.39, 0.29) is 6.42 Å². The molecule has 0 spiro atoms. The van der Waals surface area contributed by atoms with Gasteiger partial charge >= 0.3 is 5.97 Å². The number of rotatable bonds is 4. The molecule has 0 radical (unpaired) electrons. The SMILES string of the molecule is O=C(O)CCCN1c2ccccc2C=Cc2ccccc21. The average molecular weight is 279 g/mol. The highest BCUT2D eigenvalue weighted by atomic mass is 16.4. The molecule has 2 aromatic carbocycles. The quantitative estimate of drug-likeness (QED) is 0.913. The normalized spacial score (nSPS) is 12.5. The maximum atomic E-state index is 10.8. The fourth-order valence-electron chi connectivity index (χ4n) is 2.69. The number of carboxylic acid groups (broad SMARTS) is 1. The van der Waals surface area contributed by atoms with Gasteiger partial charge in [-0.3, -0.25) is 4.79 Å². The molecule has 1 heterocycles. The topological polar surface area (TPSA) is 40.5 Å². The zero-order chi connectivity index (χ0) is 14.7. The van der Waals surface area contributed by atoms with Crippen molar-refractivity contribution in [1.29, 1.82) is 0 Å². The summed E-state index contributed by atoms with van der Waals surface area (Å²) >= 11 is 0. The van der Waals surface area contributed by atoms with Crippen LogP contribution in [0, 0.1) is 0 Å². The Hall–Kier alpha value is -2.55. The number of hydrogen-bond acceptors (Lipinski definition) is 2. The highest BCUT2D eigenvalue weighted by molar-refractivity contribution is 5.88. The molecule has 1 aliphatic heterocycles. The minimum atomic E-state index is -0.746. The van der Waals surface area contributed by atoms with Gasteiger partial charge in [-0.2, -0.15) is 0 Å². The van der Waals surface area contributed by atoms with Gasteiger partial charge in [-0.15, -0.1) is 0 Å². The molecule has 0 bridgehead atoms. The molecule has 0 amide bonds. The van der Waals surface area contributed by atoms with Crippen molar-refractivity contribution in [1.82, 2.24) is 0 Å². The molecule has 3 rings (SSSR count). The smallest absolute Gasteiger partial charge is 0.303 e. The summed E-state index contributed by atoms with van der Waals surface area (Å²) < 4.78 is 0. The molecule has 1 N–H and O–H groups in total. The first kappa shape index (κ1) is 13.4. The van der Waals surface area contributed by atoms with Gasteiger partial charge in [0.25, 0.3) is 0 Å². The summed E-state index contributed by atoms with van der Waals surface area (Å²) in [5.41, 5.74) is 4.57. The Kier molecular flexibility index (Phi) is 3.73. The van der Waals surface area contributed by atoms with Gasteiger partial charge in [0, 0.05) is 24.3 Å². The van der Waals surface area contributed by atoms with Crippen LogP contribution >= 0.6 is 0 Å². The first-order valence-corrected chi connectivity index (χ1v) is 7.11. The lowest BCUT2D eigenvalue weighted by atomic mass is 10.1. The molecule has 0 aliphatic carbocycles. The number of para-hydroxylation sites is 2. The Labute approximate surface area is 124 Å². The Morgan fingerprint density at radius 2 is 1.43 bits per heavy atom. The molecular weight excluding hydrogens is 262 g/mol. The molecule has 0 saturated heterocycles. The van der Waals surface area contributed by atoms with Crippen LogP contribution in [0.3, 0.4) is 0 Å². The number of aliphatic carboxylic acids is 1. The molecule has 3 heteroatoms. The van der Waals surface area contributed by atoms with Gasteiger partial charge in [0.15, 0.2) is 0 Å². The van der Waals surface area contributed by atoms with Crippen LogP contribution in [-0.2, 0) is 4.79 Å². The lowest BCUT2D eigenvalue weighted by Crippen LogP contribution is -2.20. The molecular formula is C18H17NO2. The van der Waals surface area contributed by atoms with Crippen molar-refractivity contribution < 1.29 is 9.90 Å². The summed E-state index contributed by atoms with van der Waals surface area (Å²) in [6, 6.07) is 16.4. The van der Waals surface area contributed by atoms with E-state index >= 15 is 0 Å². The van der Waals surface area contributed by atoms with Crippen molar-refractivity contribution in [2.75, 3.05) is 11.4 Å². The van der Waals surface area contributed by atoms with E-state index in [2.05, 4.69) is 41.3 Å². The minimum Gasteiger partial charge on any atom is -0.481 e. The van der Waals surface area contributed by atoms with Gasteiger partial charge in [0.2, 0.25) is 0 Å². The molecule has 0 atom stereocenters. The zero-order valence-corrected chi connectivity index (χ0v) is 11.7. The predicted octanol–water partition coefficient (Wildman–Crippen LogP) is 4.17. The molecule has 0 fully saturated rings. The number of nitrogens with zero attached hydrogens (tertiary/aromatic N) is 1. The molecule has 3 nitrogen and oxygen atoms in total. The molecule has 21 heavy (non-hydrogen) atoms. The number of benzene rings is 2. The van der Waals surface area contributed by atoms with Crippen LogP contribution in [0.2, 0.25) is 0 Å². The summed E-state index contributed by atoms with van der Waals surface area (Å²) in [4.78, 5) is 13.0. The zero-order valence-electron chi connectivity index (χ0n) is 11.7. The van der Waals surface area contributed by atoms with Crippen LogP contribution in [-0.4, -0.2) is 17.6 Å². The van der Waals surface area contributed by atoms with Gasteiger partial charge in [-0.1, -0.05) is 48.6 Å². The Bertz CT molecular complexity index is 642. The van der Waals surface area contributed by atoms with E-state index < -0.39 is 5.97 Å². The highest BCUT2D eigenvalue weighted by Gasteiger charge is 2.17. The van der Waals surface area contributed by atoms with E-state index in [4.69, 9.17) is 5.11 Å². The number of fused-ring (bicyclic) bond motifs is 2. The van der Waals surface area contributed by atoms with Crippen LogP contribution in [0.4, 0.5) is 11.4 Å². The second kappa shape index (κ2) is 5.83. The number of anilines is 2. The third-order valence-corrected chi connectivity index (χ3v) is 3.67. The average Bonchev–Trinajstić information content (AvgIpc) is 2.65. The van der Waals surface area contributed by atoms with Gasteiger partial charge in [-0.25, -0.2) is 0 Å². The maximum Gasteiger partial charge on any atom is 0.303 e. The van der Waals surface area contributed by atoms with Crippen LogP contribution in [0.1, 0.15) is 24.0 Å². The van der Waals surface area contributed by atoms with E-state index in [1.807, 2.05) is 24.3 Å². The molecule has 0 aromatic heterocycles. The Morgan fingerprint density at radius 1 is 0.905 bits per heavy atom. The van der Waals surface area contributed by atoms with Crippen LogP contribution < -0.4 is 4.90 Å². The first-order chi connectivity index (χ1) is 10.3. The molecule has 2 aromatic rings. The van der Waals surface area contributed by atoms with E-state index in [9.17, 15) is 4.79 Å². The van der Waals surface area contributed by atoms with Crippen LogP contribution in [0.25, 0.3) is 12.2 Å². The van der Waals surface area contributed by atoms with Crippen molar-refractivity contribution in [3.63, 3.8) is 0 Å². The van der Waals surface area contributed by atoms with Gasteiger partial charge in [0.05, 0.1) is 0 Å². The Morgan fingerprint density at radius 3 is 1.95 bits per heavy atom. The highest BCUT2D eigenvalue weighted by Crippen LogP contribution is 2.36. The minimum absolute atomic E-state index is 0.189. The number of carboxylic acids is 1. The number of hydrogen-bond donors (Lipinski definition) is 1. The second-order valence-electron chi connectivity index (χ2n) is 5.10. The van der Waals surface area contributed by atoms with Crippen molar-refractivity contribution in [2.24, 2.45) is 0 Å². The summed E-state index contributed by atoms with van der Waals surface area (Å²) in [7, 11) is 0. The molecule has 0 saturated carbocycles. The Balaban J connectivity index is 2.00. The molecule has 1 aliphatic rings. The molecule has 106 valence electrons. The van der Waals surface area contributed by atoms with Gasteiger partial charge in [0.1, 0.15) is 0 Å². The monoisotopic (exact) mass is 279 g/mol. The standard InChI is InChI=1S/C18H17NO2/c20-18(21)10-5-13-19-16-8-3-1-6-14(16)11-12-15-7-2-4-9-17(15)19/h1-4,6-9,11-12H,5,10,13H2,(H,20,21). The van der Waals surface area contributed by atoms with E-state index in [0.29, 0.717) is 13.0 Å². The van der Waals surface area contributed by atoms with Crippen molar-refractivity contribution >= 4 is 29.5 Å². The fraction of sp³-hybridized carbons (Fsp3) is 0.167. The second-order valence-corrected chi connectivity index (χ2v) is 5.10. The lowest BCUT2D eigenvalue weighted by Gasteiger charge is -2.26. The summed E-state index contributed by atoms with van der Waals surface area (Å²) in [5, 5.41) is 8.86. The van der Waals surface area contributed by atoms with Crippen molar-refractivity contribution in [3.8, 4) is 0 Å². The lowest BCUT2D eigenvalue weighted by molar-refractivity contribution is -0.137. The van der Waals surface area contributed by atoms with Crippen LogP contribution in [0.5, 0.6) is 0 Å². The molecule has 0 unspecified atom stereocenters. The fourth-order valence-corrected chi connectivity index (χ4v) is 2.69. The summed E-state index contributed by atoms with van der Waals surface area (Å²) in [6.45, 7) is 0.696. The van der Waals surface area contributed by atoms with E-state index in [0.717, 1.165) is 22.5 Å².